The van der Waals surface area contributed by atoms with Crippen LogP contribution in [0.1, 0.15) is 22.6 Å². The number of hydrogen-bond acceptors (Lipinski definition) is 11. The average Bonchev–Trinajstić information content (AvgIpc) is 2.90. The van der Waals surface area contributed by atoms with E-state index in [2.05, 4.69) is 0 Å². The van der Waals surface area contributed by atoms with Gasteiger partial charge in [-0.05, 0) is 59.2 Å². The topological polar surface area (TPSA) is 179 Å². The summed E-state index contributed by atoms with van der Waals surface area (Å²) in [6.07, 6.45) is -6.68. The van der Waals surface area contributed by atoms with E-state index in [0.717, 1.165) is 16.7 Å². The summed E-state index contributed by atoms with van der Waals surface area (Å²) in [6, 6.07) is 8.22. The number of aromatic hydroxyl groups is 2. The van der Waals surface area contributed by atoms with Crippen molar-refractivity contribution in [1.29, 1.82) is 0 Å². The number of rotatable bonds is 8. The van der Waals surface area contributed by atoms with E-state index in [1.807, 2.05) is 0 Å². The zero-order valence-electron chi connectivity index (χ0n) is 20.6. The van der Waals surface area contributed by atoms with E-state index in [4.69, 9.17) is 18.9 Å². The number of aliphatic hydroxyl groups excluding tert-OH is 5. The maximum atomic E-state index is 10.6. The van der Waals surface area contributed by atoms with Crippen molar-refractivity contribution in [2.45, 2.75) is 43.0 Å². The van der Waals surface area contributed by atoms with Crippen LogP contribution in [0.2, 0.25) is 0 Å². The Labute approximate surface area is 214 Å². The zero-order valence-corrected chi connectivity index (χ0v) is 20.6. The molecule has 0 amide bonds. The molecule has 37 heavy (non-hydrogen) atoms. The molecule has 204 valence electrons. The van der Waals surface area contributed by atoms with Gasteiger partial charge in [0.15, 0.2) is 29.3 Å². The third-order valence-corrected chi connectivity index (χ3v) is 7.39. The van der Waals surface area contributed by atoms with Crippen LogP contribution >= 0.6 is 0 Å². The van der Waals surface area contributed by atoms with Gasteiger partial charge in [-0.15, -0.1) is 0 Å². The highest BCUT2D eigenvalue weighted by Crippen LogP contribution is 2.48. The molecule has 8 atom stereocenters. The van der Waals surface area contributed by atoms with Crippen molar-refractivity contribution in [3.8, 4) is 23.0 Å². The van der Waals surface area contributed by atoms with E-state index >= 15 is 0 Å². The Morgan fingerprint density at radius 2 is 1.57 bits per heavy atom. The Morgan fingerprint density at radius 1 is 0.865 bits per heavy atom. The fraction of sp³-hybridized carbons (Fsp3) is 0.538. The largest absolute Gasteiger partial charge is 0.504 e. The summed E-state index contributed by atoms with van der Waals surface area (Å²) < 4.78 is 22.0. The first kappa shape index (κ1) is 27.4. The molecule has 2 aromatic carbocycles. The van der Waals surface area contributed by atoms with E-state index in [0.29, 0.717) is 12.2 Å². The molecule has 0 radical (unpaired) electrons. The first-order chi connectivity index (χ1) is 17.7. The molecule has 11 nitrogen and oxygen atoms in total. The Kier molecular flexibility index (Phi) is 8.44. The maximum Gasteiger partial charge on any atom is 0.186 e. The predicted octanol–water partition coefficient (Wildman–Crippen LogP) is -0.156. The smallest absolute Gasteiger partial charge is 0.186 e. The number of fused-ring (bicyclic) bond motifs is 1. The van der Waals surface area contributed by atoms with Crippen LogP contribution in [0.5, 0.6) is 23.0 Å². The van der Waals surface area contributed by atoms with Crippen molar-refractivity contribution in [3.05, 3.63) is 47.0 Å². The van der Waals surface area contributed by atoms with Gasteiger partial charge in [0.1, 0.15) is 24.4 Å². The SMILES string of the molecule is COc1cc(C2c3cc(O)c(OC)cc3CC(CO)C2CO[C@@H]2O[C@H](CO)[C@@H](O)[C@H](O)[C@H]2O)ccc1O. The van der Waals surface area contributed by atoms with Gasteiger partial charge in [-0.25, -0.2) is 0 Å². The molecular formula is C26H34O11. The van der Waals surface area contributed by atoms with Crippen LogP contribution in [0.4, 0.5) is 0 Å². The molecule has 2 aromatic rings. The molecule has 0 aromatic heterocycles. The highest BCUT2D eigenvalue weighted by Gasteiger charge is 2.45. The van der Waals surface area contributed by atoms with Crippen LogP contribution in [0.3, 0.4) is 0 Å². The average molecular weight is 523 g/mol. The Balaban J connectivity index is 1.72. The highest BCUT2D eigenvalue weighted by molar-refractivity contribution is 5.53. The van der Waals surface area contributed by atoms with Gasteiger partial charge >= 0.3 is 0 Å². The van der Waals surface area contributed by atoms with Gasteiger partial charge in [0.05, 0.1) is 27.4 Å². The number of benzene rings is 2. The van der Waals surface area contributed by atoms with Crippen molar-refractivity contribution in [2.24, 2.45) is 11.8 Å². The first-order valence-corrected chi connectivity index (χ1v) is 12.0. The van der Waals surface area contributed by atoms with Crippen molar-refractivity contribution in [2.75, 3.05) is 34.0 Å². The molecular weight excluding hydrogens is 488 g/mol. The molecule has 7 N–H and O–H groups in total. The van der Waals surface area contributed by atoms with Crippen LogP contribution < -0.4 is 9.47 Å². The number of hydrogen-bond donors (Lipinski definition) is 7. The highest BCUT2D eigenvalue weighted by atomic mass is 16.7. The van der Waals surface area contributed by atoms with Gasteiger partial charge in [-0.3, -0.25) is 0 Å². The molecule has 1 aliphatic carbocycles. The summed E-state index contributed by atoms with van der Waals surface area (Å²) in [5, 5.41) is 71.2. The van der Waals surface area contributed by atoms with Crippen molar-refractivity contribution in [1.82, 2.24) is 0 Å². The lowest BCUT2D eigenvalue weighted by molar-refractivity contribution is -0.304. The summed E-state index contributed by atoms with van der Waals surface area (Å²) in [6.45, 7) is -0.830. The predicted molar refractivity (Wildman–Crippen MR) is 129 cm³/mol. The van der Waals surface area contributed by atoms with Crippen LogP contribution in [-0.2, 0) is 15.9 Å². The Morgan fingerprint density at radius 3 is 2.22 bits per heavy atom. The third-order valence-electron chi connectivity index (χ3n) is 7.39. The lowest BCUT2D eigenvalue weighted by atomic mass is 9.67. The molecule has 1 fully saturated rings. The second kappa shape index (κ2) is 11.4. The summed E-state index contributed by atoms with van der Waals surface area (Å²) in [4.78, 5) is 0. The summed E-state index contributed by atoms with van der Waals surface area (Å²) >= 11 is 0. The minimum Gasteiger partial charge on any atom is -0.504 e. The molecule has 0 spiro atoms. The van der Waals surface area contributed by atoms with E-state index in [1.54, 1.807) is 24.3 Å². The summed E-state index contributed by atoms with van der Waals surface area (Å²) in [5.41, 5.74) is 2.34. The maximum absolute atomic E-state index is 10.6. The van der Waals surface area contributed by atoms with E-state index in [-0.39, 0.29) is 36.4 Å². The van der Waals surface area contributed by atoms with Crippen LogP contribution in [0.25, 0.3) is 0 Å². The molecule has 1 saturated heterocycles. The number of phenols is 2. The van der Waals surface area contributed by atoms with Crippen LogP contribution in [-0.4, -0.2) is 100 Å². The molecule has 1 aliphatic heterocycles. The van der Waals surface area contributed by atoms with Crippen LogP contribution in [0, 0.1) is 11.8 Å². The summed E-state index contributed by atoms with van der Waals surface area (Å²) in [7, 11) is 2.88. The van der Waals surface area contributed by atoms with Gasteiger partial charge in [-0.1, -0.05) is 6.07 Å². The Bertz CT molecular complexity index is 1070. The van der Waals surface area contributed by atoms with Crippen molar-refractivity contribution >= 4 is 0 Å². The number of methoxy groups -OCH3 is 2. The number of aliphatic hydroxyl groups is 5. The molecule has 2 aliphatic rings. The van der Waals surface area contributed by atoms with Gasteiger partial charge in [0.2, 0.25) is 0 Å². The fourth-order valence-electron chi connectivity index (χ4n) is 5.35. The first-order valence-electron chi connectivity index (χ1n) is 12.0. The minimum atomic E-state index is -1.59. The van der Waals surface area contributed by atoms with Crippen molar-refractivity contribution < 1.29 is 54.7 Å². The standard InChI is InChI=1S/C26H34O11/c1-34-19-6-12(3-4-17(19)29)22-15-8-18(30)20(35-2)7-13(15)5-14(9-27)16(22)11-36-26-25(33)24(32)23(31)21(10-28)37-26/h3-4,6-8,14,16,21-33H,5,9-11H2,1-2H3/t14?,16?,21-,22?,23-,24+,25-,26-/m1/s1. The third kappa shape index (κ3) is 5.21. The monoisotopic (exact) mass is 522 g/mol. The normalized spacial score (nSPS) is 31.5. The summed E-state index contributed by atoms with van der Waals surface area (Å²) in [5.74, 6) is -0.744. The number of ether oxygens (including phenoxy) is 4. The Hall–Kier alpha value is -2.64. The molecule has 0 bridgehead atoms. The second-order valence-corrected chi connectivity index (χ2v) is 9.47. The molecule has 1 heterocycles. The number of phenolic OH excluding ortho intramolecular Hbond substituents is 2. The lowest BCUT2D eigenvalue weighted by Gasteiger charge is -2.43. The molecule has 11 heteroatoms. The second-order valence-electron chi connectivity index (χ2n) is 9.47. The van der Waals surface area contributed by atoms with Gasteiger partial charge in [-0.2, -0.15) is 0 Å². The molecule has 4 rings (SSSR count). The van der Waals surface area contributed by atoms with Gasteiger partial charge in [0.25, 0.3) is 0 Å². The van der Waals surface area contributed by atoms with E-state index < -0.39 is 49.1 Å². The minimum absolute atomic E-state index is 0.0476. The van der Waals surface area contributed by atoms with Crippen LogP contribution in [0.15, 0.2) is 30.3 Å². The molecule has 3 unspecified atom stereocenters. The quantitative estimate of drug-likeness (QED) is 0.245. The molecule has 0 saturated carbocycles. The zero-order chi connectivity index (χ0) is 26.9. The fourth-order valence-corrected chi connectivity index (χ4v) is 5.35. The van der Waals surface area contributed by atoms with Crippen molar-refractivity contribution in [3.63, 3.8) is 0 Å². The lowest BCUT2D eigenvalue weighted by Crippen LogP contribution is -2.59. The van der Waals surface area contributed by atoms with Gasteiger partial charge < -0.3 is 54.7 Å². The van der Waals surface area contributed by atoms with E-state index in [1.165, 1.54) is 20.3 Å². The van der Waals surface area contributed by atoms with E-state index in [9.17, 15) is 35.7 Å². The van der Waals surface area contributed by atoms with Gasteiger partial charge in [0, 0.05) is 12.5 Å².